The Hall–Kier alpha value is -0.500. The molecular weight excluding hydrogens is 287 g/mol. The van der Waals surface area contributed by atoms with Gasteiger partial charge in [0, 0.05) is 0 Å². The zero-order valence-corrected chi connectivity index (χ0v) is 8.80. The molecule has 0 fully saturated rings. The zero-order chi connectivity index (χ0) is 9.71. The summed E-state index contributed by atoms with van der Waals surface area (Å²) in [7, 11) is 0. The molecule has 1 aromatic rings. The number of carbonyl (C=O) groups is 1. The number of rotatable bonds is 0. The van der Waals surface area contributed by atoms with E-state index in [-0.39, 0.29) is 9.13 Å². The van der Waals surface area contributed by atoms with Gasteiger partial charge in [-0.25, -0.2) is 0 Å². The van der Waals surface area contributed by atoms with E-state index in [4.69, 9.17) is 0 Å². The van der Waals surface area contributed by atoms with Crippen molar-refractivity contribution >= 4 is 24.1 Å². The summed E-state index contributed by atoms with van der Waals surface area (Å²) in [6, 6.07) is 6.09. The second kappa shape index (κ2) is 2.30. The van der Waals surface area contributed by atoms with E-state index >= 15 is 0 Å². The van der Waals surface area contributed by atoms with Crippen molar-refractivity contribution < 1.29 is 15.1 Å². The molecule has 4 nitrogen and oxygen atoms in total. The SMILES string of the molecule is O=C1CI(O)(O)(O)c2ccccc21. The molecular formula is C8H9IO4. The molecule has 1 aliphatic heterocycles. The van der Waals surface area contributed by atoms with Crippen molar-refractivity contribution in [1.29, 1.82) is 0 Å². The second-order valence-electron chi connectivity index (χ2n) is 3.01. The van der Waals surface area contributed by atoms with Gasteiger partial charge in [0.2, 0.25) is 0 Å². The summed E-state index contributed by atoms with van der Waals surface area (Å²) in [5.41, 5.74) is 0.240. The monoisotopic (exact) mass is 296 g/mol. The molecule has 1 aliphatic rings. The van der Waals surface area contributed by atoms with Crippen LogP contribution in [0.4, 0.5) is 0 Å². The van der Waals surface area contributed by atoms with E-state index in [1.54, 1.807) is 12.1 Å². The van der Waals surface area contributed by atoms with Crippen LogP contribution in [0.5, 0.6) is 0 Å². The molecule has 3 N–H and O–H groups in total. The summed E-state index contributed by atoms with van der Waals surface area (Å²) in [4.78, 5) is 11.3. The molecule has 0 aromatic heterocycles. The minimum absolute atomic E-state index is 0.0398. The van der Waals surface area contributed by atoms with E-state index in [2.05, 4.69) is 0 Å². The average Bonchev–Trinajstić information content (AvgIpc) is 2.20. The van der Waals surface area contributed by atoms with Crippen LogP contribution >= 0.6 is 18.3 Å². The van der Waals surface area contributed by atoms with E-state index in [1.165, 1.54) is 12.1 Å². The van der Waals surface area contributed by atoms with Crippen molar-refractivity contribution in [3.8, 4) is 0 Å². The van der Waals surface area contributed by atoms with Crippen LogP contribution in [-0.4, -0.2) is 20.5 Å². The molecule has 0 saturated carbocycles. The van der Waals surface area contributed by atoms with Crippen LogP contribution in [0.2, 0.25) is 0 Å². The molecule has 1 heterocycles. The van der Waals surface area contributed by atoms with Gasteiger partial charge in [0.15, 0.2) is 0 Å². The zero-order valence-electron chi connectivity index (χ0n) is 6.64. The summed E-state index contributed by atoms with van der Waals surface area (Å²) in [5.74, 6) is -0.391. The average molecular weight is 296 g/mol. The van der Waals surface area contributed by atoms with Crippen LogP contribution in [0.3, 0.4) is 0 Å². The Morgan fingerprint density at radius 3 is 2.38 bits per heavy atom. The van der Waals surface area contributed by atoms with Gasteiger partial charge in [-0.15, -0.1) is 0 Å². The van der Waals surface area contributed by atoms with E-state index in [0.717, 1.165) is 0 Å². The third-order valence-electron chi connectivity index (χ3n) is 1.96. The topological polar surface area (TPSA) is 77.8 Å². The summed E-state index contributed by atoms with van der Waals surface area (Å²) < 4.78 is 28.2. The Morgan fingerprint density at radius 1 is 1.15 bits per heavy atom. The minimum atomic E-state index is -5.46. The van der Waals surface area contributed by atoms with Gasteiger partial charge in [-0.1, -0.05) is 0 Å². The molecule has 0 aliphatic carbocycles. The third-order valence-corrected chi connectivity index (χ3v) is 7.38. The standard InChI is InChI=1S/C8H9IO4/c10-8-5-9(11,12,13)7-4-2-1-3-6(7)8/h1-4,11-13H,5H2. The molecule has 0 saturated heterocycles. The third kappa shape index (κ3) is 1.28. The molecule has 2 rings (SSSR count). The van der Waals surface area contributed by atoms with Crippen molar-refractivity contribution in [2.75, 3.05) is 4.43 Å². The number of carbonyl (C=O) groups excluding carboxylic acids is 1. The van der Waals surface area contributed by atoms with Crippen molar-refractivity contribution in [3.63, 3.8) is 0 Å². The quantitative estimate of drug-likeness (QED) is 0.477. The number of alkyl halides is 1. The van der Waals surface area contributed by atoms with Gasteiger partial charge < -0.3 is 0 Å². The first-order valence-electron chi connectivity index (χ1n) is 3.60. The molecule has 0 bridgehead atoms. The Balaban J connectivity index is 2.75. The van der Waals surface area contributed by atoms with Crippen LogP contribution in [0.15, 0.2) is 24.3 Å². The Labute approximate surface area is 77.1 Å². The predicted octanol–water partition coefficient (Wildman–Crippen LogP) is 0.352. The Bertz CT molecular complexity index is 391. The summed E-state index contributed by atoms with van der Waals surface area (Å²) in [5, 5.41) is 0. The van der Waals surface area contributed by atoms with E-state index in [1.807, 2.05) is 0 Å². The van der Waals surface area contributed by atoms with Crippen LogP contribution in [0.25, 0.3) is 0 Å². The molecule has 5 heteroatoms. The molecule has 1 aromatic carbocycles. The summed E-state index contributed by atoms with van der Waals surface area (Å²) in [6.07, 6.45) is 0. The van der Waals surface area contributed by atoms with E-state index < -0.39 is 28.5 Å². The number of halogens is 1. The van der Waals surface area contributed by atoms with Crippen LogP contribution < -0.4 is 0 Å². The van der Waals surface area contributed by atoms with Crippen molar-refractivity contribution in [2.24, 2.45) is 0 Å². The molecule has 0 atom stereocenters. The first-order valence-corrected chi connectivity index (χ1v) is 9.10. The van der Waals surface area contributed by atoms with Gasteiger partial charge in [-0.3, -0.25) is 0 Å². The van der Waals surface area contributed by atoms with Gasteiger partial charge >= 0.3 is 77.0 Å². The van der Waals surface area contributed by atoms with Crippen molar-refractivity contribution in [1.82, 2.24) is 0 Å². The molecule has 13 heavy (non-hydrogen) atoms. The number of fused-ring (bicyclic) bond motifs is 1. The Morgan fingerprint density at radius 2 is 1.77 bits per heavy atom. The second-order valence-corrected chi connectivity index (χ2v) is 10.5. The number of benzene rings is 1. The van der Waals surface area contributed by atoms with Gasteiger partial charge in [0.05, 0.1) is 0 Å². The number of ketones is 1. The van der Waals surface area contributed by atoms with Gasteiger partial charge in [-0.2, -0.15) is 0 Å². The fraction of sp³-hybridized carbons (Fsp3) is 0.125. The molecule has 0 spiro atoms. The summed E-state index contributed by atoms with van der Waals surface area (Å²) >= 11 is -5.46. The van der Waals surface area contributed by atoms with Gasteiger partial charge in [-0.05, 0) is 0 Å². The first kappa shape index (κ1) is 9.07. The molecule has 72 valence electrons. The van der Waals surface area contributed by atoms with Crippen LogP contribution in [-0.2, 0) is 0 Å². The van der Waals surface area contributed by atoms with E-state index in [9.17, 15) is 15.1 Å². The maximum absolute atomic E-state index is 11.3. The van der Waals surface area contributed by atoms with Gasteiger partial charge in [0.25, 0.3) is 0 Å². The van der Waals surface area contributed by atoms with Gasteiger partial charge in [0.1, 0.15) is 0 Å². The molecule has 0 unspecified atom stereocenters. The number of hydrogen-bond acceptors (Lipinski definition) is 4. The van der Waals surface area contributed by atoms with Crippen molar-refractivity contribution in [2.45, 2.75) is 0 Å². The fourth-order valence-corrected chi connectivity index (χ4v) is 6.11. The van der Waals surface area contributed by atoms with Crippen LogP contribution in [0, 0.1) is 3.57 Å². The number of Topliss-reactive ketones (excluding diaryl/α,β-unsaturated/α-hetero) is 1. The summed E-state index contributed by atoms with van der Waals surface area (Å²) in [6.45, 7) is 0. The van der Waals surface area contributed by atoms with E-state index in [0.29, 0.717) is 0 Å². The normalized spacial score (nSPS) is 26.1. The first-order chi connectivity index (χ1) is 5.88. The van der Waals surface area contributed by atoms with Crippen molar-refractivity contribution in [3.05, 3.63) is 33.4 Å². The Kier molecular flexibility index (Phi) is 1.60. The fourth-order valence-electron chi connectivity index (χ4n) is 1.39. The van der Waals surface area contributed by atoms with Crippen LogP contribution in [0.1, 0.15) is 10.4 Å². The molecule has 0 amide bonds. The molecule has 0 radical (unpaired) electrons. The predicted molar refractivity (Wildman–Crippen MR) is 55.0 cm³/mol. The number of hydrogen-bond donors (Lipinski definition) is 3. The maximum atomic E-state index is 11.3.